The molecular formula is C16H16BrNO2. The topological polar surface area (TPSA) is 30.5 Å². The minimum atomic E-state index is 0.239. The molecule has 1 N–H and O–H groups in total. The quantitative estimate of drug-likeness (QED) is 0.909. The minimum absolute atomic E-state index is 0.239. The molecule has 1 saturated heterocycles. The van der Waals surface area contributed by atoms with Crippen LogP contribution < -0.4 is 14.8 Å². The molecule has 0 saturated carbocycles. The molecule has 3 rings (SSSR count). The van der Waals surface area contributed by atoms with Gasteiger partial charge in [0.15, 0.2) is 11.5 Å². The Morgan fingerprint density at radius 2 is 1.85 bits per heavy atom. The molecule has 0 atom stereocenters. The maximum absolute atomic E-state index is 5.93. The summed E-state index contributed by atoms with van der Waals surface area (Å²) in [5, 5.41) is 3.20. The van der Waals surface area contributed by atoms with Gasteiger partial charge in [-0.3, -0.25) is 0 Å². The third kappa shape index (κ3) is 3.32. The summed E-state index contributed by atoms with van der Waals surface area (Å²) < 4.78 is 12.8. The Balaban J connectivity index is 1.71. The monoisotopic (exact) mass is 333 g/mol. The molecule has 20 heavy (non-hydrogen) atoms. The van der Waals surface area contributed by atoms with Gasteiger partial charge < -0.3 is 14.8 Å². The fourth-order valence-corrected chi connectivity index (χ4v) is 2.29. The zero-order chi connectivity index (χ0) is 13.8. The van der Waals surface area contributed by atoms with Gasteiger partial charge >= 0.3 is 0 Å². The van der Waals surface area contributed by atoms with E-state index in [4.69, 9.17) is 9.47 Å². The highest BCUT2D eigenvalue weighted by molar-refractivity contribution is 9.10. The second-order valence-electron chi connectivity index (χ2n) is 4.76. The van der Waals surface area contributed by atoms with Gasteiger partial charge in [-0.2, -0.15) is 0 Å². The molecular weight excluding hydrogens is 318 g/mol. The van der Waals surface area contributed by atoms with Crippen LogP contribution in [0.1, 0.15) is 5.56 Å². The summed E-state index contributed by atoms with van der Waals surface area (Å²) in [6.07, 6.45) is 0.239. The first kappa shape index (κ1) is 13.5. The zero-order valence-electron chi connectivity index (χ0n) is 11.0. The molecule has 0 unspecified atom stereocenters. The van der Waals surface area contributed by atoms with Crippen LogP contribution in [0.5, 0.6) is 11.5 Å². The van der Waals surface area contributed by atoms with Crippen LogP contribution in [0.4, 0.5) is 0 Å². The van der Waals surface area contributed by atoms with Crippen molar-refractivity contribution >= 4 is 15.9 Å². The van der Waals surface area contributed by atoms with Crippen molar-refractivity contribution in [3.63, 3.8) is 0 Å². The van der Waals surface area contributed by atoms with Crippen LogP contribution in [-0.2, 0) is 6.61 Å². The number of halogens is 1. The van der Waals surface area contributed by atoms with Crippen molar-refractivity contribution in [3.8, 4) is 11.5 Å². The van der Waals surface area contributed by atoms with Crippen molar-refractivity contribution in [1.29, 1.82) is 0 Å². The number of rotatable bonds is 5. The minimum Gasteiger partial charge on any atom is -0.485 e. The fraction of sp³-hybridized carbons (Fsp3) is 0.250. The van der Waals surface area contributed by atoms with E-state index in [0.29, 0.717) is 6.61 Å². The van der Waals surface area contributed by atoms with Crippen molar-refractivity contribution in [2.75, 3.05) is 13.1 Å². The van der Waals surface area contributed by atoms with Crippen LogP contribution in [0.25, 0.3) is 0 Å². The highest BCUT2D eigenvalue weighted by Gasteiger charge is 2.20. The average molecular weight is 334 g/mol. The third-order valence-corrected chi connectivity index (χ3v) is 3.67. The summed E-state index contributed by atoms with van der Waals surface area (Å²) >= 11 is 3.47. The van der Waals surface area contributed by atoms with E-state index in [1.54, 1.807) is 0 Å². The molecule has 0 spiro atoms. The van der Waals surface area contributed by atoms with Crippen molar-refractivity contribution < 1.29 is 9.47 Å². The molecule has 1 fully saturated rings. The average Bonchev–Trinajstić information content (AvgIpc) is 2.43. The van der Waals surface area contributed by atoms with Crippen molar-refractivity contribution in [2.45, 2.75) is 12.7 Å². The van der Waals surface area contributed by atoms with E-state index in [-0.39, 0.29) is 6.10 Å². The molecule has 0 aromatic heterocycles. The van der Waals surface area contributed by atoms with Gasteiger partial charge in [0.1, 0.15) is 12.7 Å². The number of hydrogen-bond acceptors (Lipinski definition) is 3. The molecule has 2 aromatic rings. The molecule has 0 aliphatic carbocycles. The first-order valence-electron chi connectivity index (χ1n) is 6.65. The Hall–Kier alpha value is -1.52. The SMILES string of the molecule is Brc1ccc(OCc2ccccc2)c(OC2CNC2)c1. The van der Waals surface area contributed by atoms with E-state index in [9.17, 15) is 0 Å². The van der Waals surface area contributed by atoms with Crippen LogP contribution in [0, 0.1) is 0 Å². The van der Waals surface area contributed by atoms with E-state index < -0.39 is 0 Å². The highest BCUT2D eigenvalue weighted by atomic mass is 79.9. The molecule has 0 amide bonds. The van der Waals surface area contributed by atoms with Crippen molar-refractivity contribution in [3.05, 3.63) is 58.6 Å². The predicted molar refractivity (Wildman–Crippen MR) is 82.2 cm³/mol. The maximum Gasteiger partial charge on any atom is 0.162 e. The number of benzene rings is 2. The van der Waals surface area contributed by atoms with Gasteiger partial charge in [-0.1, -0.05) is 46.3 Å². The largest absolute Gasteiger partial charge is 0.485 e. The number of ether oxygens (including phenoxy) is 2. The van der Waals surface area contributed by atoms with Gasteiger partial charge in [0.25, 0.3) is 0 Å². The Kier molecular flexibility index (Phi) is 4.23. The summed E-state index contributed by atoms with van der Waals surface area (Å²) in [7, 11) is 0. The van der Waals surface area contributed by atoms with E-state index in [0.717, 1.165) is 34.6 Å². The molecule has 1 aliphatic rings. The van der Waals surface area contributed by atoms with Crippen LogP contribution in [-0.4, -0.2) is 19.2 Å². The summed E-state index contributed by atoms with van der Waals surface area (Å²) in [5.74, 6) is 1.57. The predicted octanol–water partition coefficient (Wildman–Crippen LogP) is 3.38. The smallest absolute Gasteiger partial charge is 0.162 e. The summed E-state index contributed by atoms with van der Waals surface area (Å²) in [6.45, 7) is 2.33. The molecule has 3 nitrogen and oxygen atoms in total. The fourth-order valence-electron chi connectivity index (χ4n) is 1.95. The lowest BCUT2D eigenvalue weighted by atomic mass is 10.2. The van der Waals surface area contributed by atoms with E-state index in [2.05, 4.69) is 33.4 Å². The van der Waals surface area contributed by atoms with Gasteiger partial charge in [0, 0.05) is 17.6 Å². The van der Waals surface area contributed by atoms with E-state index >= 15 is 0 Å². The number of hydrogen-bond donors (Lipinski definition) is 1. The normalized spacial score (nSPS) is 14.7. The molecule has 1 aliphatic heterocycles. The Morgan fingerprint density at radius 3 is 2.55 bits per heavy atom. The van der Waals surface area contributed by atoms with Gasteiger partial charge in [-0.25, -0.2) is 0 Å². The first-order valence-corrected chi connectivity index (χ1v) is 7.44. The van der Waals surface area contributed by atoms with Crippen LogP contribution in [0.2, 0.25) is 0 Å². The van der Waals surface area contributed by atoms with Crippen LogP contribution in [0.3, 0.4) is 0 Å². The second-order valence-corrected chi connectivity index (χ2v) is 5.68. The van der Waals surface area contributed by atoms with Crippen LogP contribution in [0.15, 0.2) is 53.0 Å². The molecule has 2 aromatic carbocycles. The summed E-state index contributed by atoms with van der Waals surface area (Å²) in [5.41, 5.74) is 1.15. The molecule has 0 bridgehead atoms. The van der Waals surface area contributed by atoms with Crippen molar-refractivity contribution in [1.82, 2.24) is 5.32 Å². The Bertz CT molecular complexity index is 570. The van der Waals surface area contributed by atoms with Gasteiger partial charge in [-0.15, -0.1) is 0 Å². The van der Waals surface area contributed by atoms with Crippen LogP contribution >= 0.6 is 15.9 Å². The lowest BCUT2D eigenvalue weighted by molar-refractivity contribution is 0.134. The Labute approximate surface area is 127 Å². The van der Waals surface area contributed by atoms with E-state index in [1.165, 1.54) is 0 Å². The third-order valence-electron chi connectivity index (χ3n) is 3.18. The second kappa shape index (κ2) is 6.29. The molecule has 0 radical (unpaired) electrons. The van der Waals surface area contributed by atoms with Gasteiger partial charge in [-0.05, 0) is 23.8 Å². The zero-order valence-corrected chi connectivity index (χ0v) is 12.6. The molecule has 4 heteroatoms. The van der Waals surface area contributed by atoms with E-state index in [1.807, 2.05) is 36.4 Å². The summed E-state index contributed by atoms with van der Waals surface area (Å²) in [6, 6.07) is 16.0. The Morgan fingerprint density at radius 1 is 1.05 bits per heavy atom. The van der Waals surface area contributed by atoms with Crippen molar-refractivity contribution in [2.24, 2.45) is 0 Å². The summed E-state index contributed by atoms with van der Waals surface area (Å²) in [4.78, 5) is 0. The lowest BCUT2D eigenvalue weighted by Crippen LogP contribution is -2.50. The number of nitrogens with one attached hydrogen (secondary N) is 1. The standard InChI is InChI=1S/C16H16BrNO2/c17-13-6-7-15(16(8-13)20-14-9-18-10-14)19-11-12-4-2-1-3-5-12/h1-8,14,18H,9-11H2. The van der Waals surface area contributed by atoms with Gasteiger partial charge in [0.2, 0.25) is 0 Å². The molecule has 104 valence electrons. The lowest BCUT2D eigenvalue weighted by Gasteiger charge is -2.28. The first-order chi connectivity index (χ1) is 9.81. The molecule has 1 heterocycles. The maximum atomic E-state index is 5.93. The highest BCUT2D eigenvalue weighted by Crippen LogP contribution is 2.32. The van der Waals surface area contributed by atoms with Gasteiger partial charge in [0.05, 0.1) is 0 Å².